The van der Waals surface area contributed by atoms with E-state index in [2.05, 4.69) is 12.2 Å². The third kappa shape index (κ3) is 3.07. The molecule has 1 fully saturated rings. The van der Waals surface area contributed by atoms with Gasteiger partial charge in [-0.05, 0) is 43.4 Å². The summed E-state index contributed by atoms with van der Waals surface area (Å²) in [6.45, 7) is 2.68. The summed E-state index contributed by atoms with van der Waals surface area (Å²) in [5, 5.41) is 3.34. The Bertz CT molecular complexity index is 447. The summed E-state index contributed by atoms with van der Waals surface area (Å²) in [7, 11) is 0. The minimum atomic E-state index is -0.522. The van der Waals surface area contributed by atoms with Gasteiger partial charge in [-0.3, -0.25) is 4.79 Å². The second kappa shape index (κ2) is 5.48. The number of primary amides is 1. The number of amides is 1. The molecule has 18 heavy (non-hydrogen) atoms. The van der Waals surface area contributed by atoms with Crippen LogP contribution in [-0.2, 0) is 6.54 Å². The molecule has 1 saturated carbocycles. The molecule has 3 N–H and O–H groups in total. The normalized spacial score (nSPS) is 23.2. The number of benzene rings is 1. The standard InChI is InChI=1S/C14H19FN2O/c1-9-2-4-12(6-9)17-8-11-7-10(14(16)18)3-5-13(11)15/h3,5,7,9,12,17H,2,4,6,8H2,1H3,(H2,16,18). The van der Waals surface area contributed by atoms with Crippen LogP contribution in [0.15, 0.2) is 18.2 Å². The number of carbonyl (C=O) groups excluding carboxylic acids is 1. The Balaban J connectivity index is 2.00. The molecule has 0 bridgehead atoms. The lowest BCUT2D eigenvalue weighted by Crippen LogP contribution is -2.26. The minimum absolute atomic E-state index is 0.293. The number of halogens is 1. The lowest BCUT2D eigenvalue weighted by atomic mass is 10.1. The van der Waals surface area contributed by atoms with E-state index in [9.17, 15) is 9.18 Å². The Kier molecular flexibility index (Phi) is 3.97. The van der Waals surface area contributed by atoms with Crippen molar-refractivity contribution in [1.29, 1.82) is 0 Å². The average Bonchev–Trinajstić information content (AvgIpc) is 2.74. The van der Waals surface area contributed by atoms with E-state index in [0.29, 0.717) is 23.7 Å². The van der Waals surface area contributed by atoms with E-state index in [1.165, 1.54) is 24.6 Å². The second-order valence-electron chi connectivity index (χ2n) is 5.17. The molecule has 0 saturated heterocycles. The van der Waals surface area contributed by atoms with Gasteiger partial charge in [-0.1, -0.05) is 6.92 Å². The van der Waals surface area contributed by atoms with Crippen LogP contribution in [0.5, 0.6) is 0 Å². The van der Waals surface area contributed by atoms with Crippen LogP contribution in [-0.4, -0.2) is 11.9 Å². The summed E-state index contributed by atoms with van der Waals surface area (Å²) in [6, 6.07) is 4.70. The Morgan fingerprint density at radius 1 is 1.50 bits per heavy atom. The predicted octanol–water partition coefficient (Wildman–Crippen LogP) is 2.20. The van der Waals surface area contributed by atoms with Crippen molar-refractivity contribution >= 4 is 5.91 Å². The third-order valence-corrected chi connectivity index (χ3v) is 3.61. The van der Waals surface area contributed by atoms with Gasteiger partial charge >= 0.3 is 0 Å². The monoisotopic (exact) mass is 250 g/mol. The first-order valence-electron chi connectivity index (χ1n) is 6.38. The van der Waals surface area contributed by atoms with Gasteiger partial charge in [0.2, 0.25) is 5.91 Å². The summed E-state index contributed by atoms with van der Waals surface area (Å²) in [5.41, 5.74) is 6.05. The Morgan fingerprint density at radius 2 is 2.28 bits per heavy atom. The Morgan fingerprint density at radius 3 is 2.89 bits per heavy atom. The highest BCUT2D eigenvalue weighted by molar-refractivity contribution is 5.92. The molecule has 98 valence electrons. The first-order chi connectivity index (χ1) is 8.56. The van der Waals surface area contributed by atoms with Gasteiger partial charge in [0, 0.05) is 23.7 Å². The van der Waals surface area contributed by atoms with E-state index >= 15 is 0 Å². The summed E-state index contributed by atoms with van der Waals surface area (Å²) in [6.07, 6.45) is 3.50. The van der Waals surface area contributed by atoms with Crippen molar-refractivity contribution in [2.45, 2.75) is 38.8 Å². The van der Waals surface area contributed by atoms with Crippen LogP contribution in [0.4, 0.5) is 4.39 Å². The summed E-state index contributed by atoms with van der Waals surface area (Å²) in [5.74, 6) is -0.0754. The van der Waals surface area contributed by atoms with Gasteiger partial charge in [-0.2, -0.15) is 0 Å². The zero-order chi connectivity index (χ0) is 13.1. The van der Waals surface area contributed by atoms with E-state index in [-0.39, 0.29) is 5.82 Å². The van der Waals surface area contributed by atoms with Crippen molar-refractivity contribution in [1.82, 2.24) is 5.32 Å². The van der Waals surface area contributed by atoms with E-state index in [4.69, 9.17) is 5.73 Å². The molecule has 1 aliphatic rings. The van der Waals surface area contributed by atoms with Gasteiger partial charge in [0.1, 0.15) is 5.82 Å². The van der Waals surface area contributed by atoms with E-state index in [0.717, 1.165) is 18.8 Å². The lowest BCUT2D eigenvalue weighted by Gasteiger charge is -2.13. The smallest absolute Gasteiger partial charge is 0.248 e. The number of carbonyl (C=O) groups is 1. The van der Waals surface area contributed by atoms with Crippen molar-refractivity contribution in [3.05, 3.63) is 35.1 Å². The SMILES string of the molecule is CC1CCC(NCc2cc(C(N)=O)ccc2F)C1. The van der Waals surface area contributed by atoms with E-state index < -0.39 is 5.91 Å². The number of nitrogens with two attached hydrogens (primary N) is 1. The van der Waals surface area contributed by atoms with Crippen LogP contribution in [0, 0.1) is 11.7 Å². The quantitative estimate of drug-likeness (QED) is 0.860. The topological polar surface area (TPSA) is 55.1 Å². The third-order valence-electron chi connectivity index (χ3n) is 3.61. The molecule has 0 spiro atoms. The molecule has 2 unspecified atom stereocenters. The molecule has 2 atom stereocenters. The van der Waals surface area contributed by atoms with Crippen molar-refractivity contribution < 1.29 is 9.18 Å². The second-order valence-corrected chi connectivity index (χ2v) is 5.17. The van der Waals surface area contributed by atoms with E-state index in [1.807, 2.05) is 0 Å². The maximum Gasteiger partial charge on any atom is 0.248 e. The molecule has 1 amide bonds. The predicted molar refractivity (Wildman–Crippen MR) is 68.6 cm³/mol. The molecule has 1 aliphatic carbocycles. The first-order valence-corrected chi connectivity index (χ1v) is 6.38. The maximum absolute atomic E-state index is 13.6. The molecule has 0 radical (unpaired) electrons. The average molecular weight is 250 g/mol. The molecular weight excluding hydrogens is 231 g/mol. The zero-order valence-corrected chi connectivity index (χ0v) is 10.6. The van der Waals surface area contributed by atoms with Crippen LogP contribution >= 0.6 is 0 Å². The number of nitrogens with one attached hydrogen (secondary N) is 1. The minimum Gasteiger partial charge on any atom is -0.366 e. The van der Waals surface area contributed by atoms with Crippen molar-refractivity contribution in [3.8, 4) is 0 Å². The highest BCUT2D eigenvalue weighted by Gasteiger charge is 2.20. The highest BCUT2D eigenvalue weighted by atomic mass is 19.1. The molecule has 0 aromatic heterocycles. The van der Waals surface area contributed by atoms with Gasteiger partial charge in [-0.15, -0.1) is 0 Å². The summed E-state index contributed by atoms with van der Waals surface area (Å²) >= 11 is 0. The zero-order valence-electron chi connectivity index (χ0n) is 10.6. The fraction of sp³-hybridized carbons (Fsp3) is 0.500. The van der Waals surface area contributed by atoms with Gasteiger partial charge in [0.05, 0.1) is 0 Å². The summed E-state index contributed by atoms with van der Waals surface area (Å²) in [4.78, 5) is 11.0. The van der Waals surface area contributed by atoms with E-state index in [1.54, 1.807) is 0 Å². The molecular formula is C14H19FN2O. The molecule has 0 aliphatic heterocycles. The first kappa shape index (κ1) is 13.0. The molecule has 4 heteroatoms. The molecule has 3 nitrogen and oxygen atoms in total. The van der Waals surface area contributed by atoms with Gasteiger partial charge in [0.25, 0.3) is 0 Å². The fourth-order valence-electron chi connectivity index (χ4n) is 2.51. The molecule has 0 heterocycles. The fourth-order valence-corrected chi connectivity index (χ4v) is 2.51. The highest BCUT2D eigenvalue weighted by Crippen LogP contribution is 2.25. The number of hydrogen-bond donors (Lipinski definition) is 2. The maximum atomic E-state index is 13.6. The van der Waals surface area contributed by atoms with Crippen LogP contribution < -0.4 is 11.1 Å². The largest absolute Gasteiger partial charge is 0.366 e. The van der Waals surface area contributed by atoms with Crippen LogP contribution in [0.1, 0.15) is 42.1 Å². The molecule has 1 aromatic carbocycles. The summed E-state index contributed by atoms with van der Waals surface area (Å²) < 4.78 is 13.6. The van der Waals surface area contributed by atoms with Crippen molar-refractivity contribution in [2.75, 3.05) is 0 Å². The van der Waals surface area contributed by atoms with Crippen LogP contribution in [0.2, 0.25) is 0 Å². The Hall–Kier alpha value is -1.42. The number of rotatable bonds is 4. The number of hydrogen-bond acceptors (Lipinski definition) is 2. The lowest BCUT2D eigenvalue weighted by molar-refractivity contribution is 0.1000. The van der Waals surface area contributed by atoms with Gasteiger partial charge in [-0.25, -0.2) is 4.39 Å². The van der Waals surface area contributed by atoms with Gasteiger partial charge < -0.3 is 11.1 Å². The molecule has 1 aromatic rings. The van der Waals surface area contributed by atoms with Crippen LogP contribution in [0.3, 0.4) is 0 Å². The van der Waals surface area contributed by atoms with Crippen molar-refractivity contribution in [2.24, 2.45) is 11.7 Å². The molecule has 2 rings (SSSR count). The Labute approximate surface area is 107 Å². The van der Waals surface area contributed by atoms with Crippen LogP contribution in [0.25, 0.3) is 0 Å². The van der Waals surface area contributed by atoms with Crippen molar-refractivity contribution in [3.63, 3.8) is 0 Å². The van der Waals surface area contributed by atoms with Gasteiger partial charge in [0.15, 0.2) is 0 Å².